The van der Waals surface area contributed by atoms with Crippen molar-refractivity contribution >= 4 is 17.5 Å². The fourth-order valence-electron chi connectivity index (χ4n) is 1.49. The van der Waals surface area contributed by atoms with Gasteiger partial charge in [0.05, 0.1) is 0 Å². The predicted molar refractivity (Wildman–Crippen MR) is 77.5 cm³/mol. The summed E-state index contributed by atoms with van der Waals surface area (Å²) in [7, 11) is 0. The van der Waals surface area contributed by atoms with Crippen LogP contribution >= 0.6 is 11.8 Å². The first-order valence-corrected chi connectivity index (χ1v) is 6.91. The maximum Gasteiger partial charge on any atom is 0.236 e. The lowest BCUT2D eigenvalue weighted by Crippen LogP contribution is -1.93. The highest BCUT2D eigenvalue weighted by Gasteiger charge is 2.01. The number of ketones is 1. The zero-order valence-electron chi connectivity index (χ0n) is 10.4. The van der Waals surface area contributed by atoms with Gasteiger partial charge in [-0.2, -0.15) is 0 Å². The second-order valence-electron chi connectivity index (χ2n) is 3.85. The average Bonchev–Trinajstić information content (AvgIpc) is 2.46. The first-order chi connectivity index (χ1) is 9.19. The zero-order chi connectivity index (χ0) is 13.7. The van der Waals surface area contributed by atoms with E-state index in [2.05, 4.69) is 11.8 Å². The summed E-state index contributed by atoms with van der Waals surface area (Å²) >= 11 is 1.66. The molecule has 1 N–H and O–H groups in total. The van der Waals surface area contributed by atoms with E-state index in [1.165, 1.54) is 12.1 Å². The van der Waals surface area contributed by atoms with Crippen LogP contribution in [0.25, 0.3) is 0 Å². The van der Waals surface area contributed by atoms with Gasteiger partial charge in [-0.25, -0.2) is 0 Å². The molecule has 0 fully saturated rings. The number of benzene rings is 2. The minimum absolute atomic E-state index is 0.136. The number of carbonyl (C=O) groups excluding carboxylic acids is 1. The Balaban J connectivity index is 2.14. The number of carbonyl (C=O) groups is 1. The molecule has 94 valence electrons. The maximum absolute atomic E-state index is 11.8. The second-order valence-corrected chi connectivity index (χ2v) is 4.73. The van der Waals surface area contributed by atoms with Crippen molar-refractivity contribution in [3.63, 3.8) is 0 Å². The fraction of sp³-hybridized carbons (Fsp3) is 0.0625. The Bertz CT molecular complexity index is 631. The van der Waals surface area contributed by atoms with Crippen LogP contribution in [-0.4, -0.2) is 17.1 Å². The molecule has 0 saturated heterocycles. The molecule has 0 aliphatic carbocycles. The van der Waals surface area contributed by atoms with Gasteiger partial charge in [0.25, 0.3) is 0 Å². The van der Waals surface area contributed by atoms with Crippen molar-refractivity contribution in [3.05, 3.63) is 59.7 Å². The van der Waals surface area contributed by atoms with Crippen LogP contribution in [0.4, 0.5) is 0 Å². The smallest absolute Gasteiger partial charge is 0.236 e. The molecule has 0 saturated carbocycles. The van der Waals surface area contributed by atoms with Crippen LogP contribution in [-0.2, 0) is 0 Å². The van der Waals surface area contributed by atoms with E-state index in [4.69, 9.17) is 5.11 Å². The Kier molecular flexibility index (Phi) is 4.27. The normalized spacial score (nSPS) is 9.53. The first kappa shape index (κ1) is 13.3. The standard InChI is InChI=1S/C16H12O2S/c1-19-15-9-2-12(3-10-15)4-11-16(18)13-5-7-14(17)8-6-13/h2-3,5-10,17H,1H3. The SMILES string of the molecule is CSc1ccc(C#CC(=O)c2ccc(O)cc2)cc1. The molecule has 0 spiro atoms. The monoisotopic (exact) mass is 268 g/mol. The molecule has 0 aliphatic rings. The van der Waals surface area contributed by atoms with Crippen molar-refractivity contribution in [1.29, 1.82) is 0 Å². The molecular weight excluding hydrogens is 256 g/mol. The molecular formula is C16H12O2S. The van der Waals surface area contributed by atoms with Gasteiger partial charge in [0.15, 0.2) is 0 Å². The van der Waals surface area contributed by atoms with E-state index in [1.54, 1.807) is 23.9 Å². The summed E-state index contributed by atoms with van der Waals surface area (Å²) < 4.78 is 0. The van der Waals surface area contributed by atoms with Crippen LogP contribution in [0.1, 0.15) is 15.9 Å². The molecule has 3 heteroatoms. The lowest BCUT2D eigenvalue weighted by molar-refractivity contribution is 0.105. The Morgan fingerprint density at radius 3 is 2.26 bits per heavy atom. The van der Waals surface area contributed by atoms with Crippen molar-refractivity contribution in [2.24, 2.45) is 0 Å². The van der Waals surface area contributed by atoms with E-state index in [1.807, 2.05) is 30.5 Å². The second kappa shape index (κ2) is 6.12. The quantitative estimate of drug-likeness (QED) is 0.515. The van der Waals surface area contributed by atoms with E-state index >= 15 is 0 Å². The number of phenols is 1. The van der Waals surface area contributed by atoms with Gasteiger partial charge in [-0.05, 0) is 60.7 Å². The molecule has 0 radical (unpaired) electrons. The highest BCUT2D eigenvalue weighted by molar-refractivity contribution is 7.98. The molecule has 0 atom stereocenters. The number of aromatic hydroxyl groups is 1. The minimum Gasteiger partial charge on any atom is -0.508 e. The summed E-state index contributed by atoms with van der Waals surface area (Å²) in [6.45, 7) is 0. The third-order valence-electron chi connectivity index (χ3n) is 2.54. The highest BCUT2D eigenvalue weighted by atomic mass is 32.2. The van der Waals surface area contributed by atoms with Crippen molar-refractivity contribution in [2.75, 3.05) is 6.26 Å². The average molecular weight is 268 g/mol. The molecule has 0 aromatic heterocycles. The molecule has 2 nitrogen and oxygen atoms in total. The molecule has 0 amide bonds. The summed E-state index contributed by atoms with van der Waals surface area (Å²) in [6, 6.07) is 13.8. The van der Waals surface area contributed by atoms with Gasteiger partial charge >= 0.3 is 0 Å². The third-order valence-corrected chi connectivity index (χ3v) is 3.28. The minimum atomic E-state index is -0.256. The third kappa shape index (κ3) is 3.64. The number of Topliss-reactive ketones (excluding diaryl/α,β-unsaturated/α-hetero) is 1. The largest absolute Gasteiger partial charge is 0.508 e. The van der Waals surface area contributed by atoms with Crippen LogP contribution in [0.3, 0.4) is 0 Å². The number of rotatable bonds is 2. The van der Waals surface area contributed by atoms with Gasteiger partial charge < -0.3 is 5.11 Å². The van der Waals surface area contributed by atoms with Gasteiger partial charge in [-0.15, -0.1) is 11.8 Å². The van der Waals surface area contributed by atoms with Crippen LogP contribution in [0, 0.1) is 11.8 Å². The van der Waals surface area contributed by atoms with Gasteiger partial charge in [-0.1, -0.05) is 5.92 Å². The van der Waals surface area contributed by atoms with Crippen LogP contribution in [0.2, 0.25) is 0 Å². The van der Waals surface area contributed by atoms with Gasteiger partial charge in [0, 0.05) is 16.0 Å². The van der Waals surface area contributed by atoms with E-state index in [0.717, 1.165) is 10.5 Å². The Hall–Kier alpha value is -2.18. The number of hydrogen-bond acceptors (Lipinski definition) is 3. The van der Waals surface area contributed by atoms with Crippen molar-refractivity contribution < 1.29 is 9.90 Å². The molecule has 2 aromatic rings. The maximum atomic E-state index is 11.8. The summed E-state index contributed by atoms with van der Waals surface area (Å²) in [5.41, 5.74) is 1.29. The summed E-state index contributed by atoms with van der Waals surface area (Å²) in [6.07, 6.45) is 2.01. The highest BCUT2D eigenvalue weighted by Crippen LogP contribution is 2.14. The Morgan fingerprint density at radius 2 is 1.68 bits per heavy atom. The Morgan fingerprint density at radius 1 is 1.05 bits per heavy atom. The summed E-state index contributed by atoms with van der Waals surface area (Å²) in [5, 5.41) is 9.15. The van der Waals surface area contributed by atoms with E-state index in [9.17, 15) is 4.79 Å². The molecule has 0 bridgehead atoms. The number of hydrogen-bond donors (Lipinski definition) is 1. The van der Waals surface area contributed by atoms with Gasteiger partial charge in [0.2, 0.25) is 5.78 Å². The first-order valence-electron chi connectivity index (χ1n) is 5.68. The Labute approximate surface area is 116 Å². The van der Waals surface area contributed by atoms with E-state index in [-0.39, 0.29) is 11.5 Å². The zero-order valence-corrected chi connectivity index (χ0v) is 11.2. The summed E-state index contributed by atoms with van der Waals surface area (Å²) in [4.78, 5) is 13.0. The van der Waals surface area contributed by atoms with Crippen molar-refractivity contribution in [3.8, 4) is 17.6 Å². The van der Waals surface area contributed by atoms with Crippen LogP contribution in [0.5, 0.6) is 5.75 Å². The van der Waals surface area contributed by atoms with E-state index < -0.39 is 0 Å². The summed E-state index contributed by atoms with van der Waals surface area (Å²) in [5.74, 6) is 5.31. The molecule has 0 aliphatic heterocycles. The molecule has 2 aromatic carbocycles. The fourth-order valence-corrected chi connectivity index (χ4v) is 1.90. The molecule has 0 heterocycles. The molecule has 0 unspecified atom stereocenters. The number of phenolic OH excluding ortho intramolecular Hbond substituents is 1. The van der Waals surface area contributed by atoms with Gasteiger partial charge in [-0.3, -0.25) is 4.79 Å². The molecule has 2 rings (SSSR count). The van der Waals surface area contributed by atoms with E-state index in [0.29, 0.717) is 5.56 Å². The lowest BCUT2D eigenvalue weighted by Gasteiger charge is -1.95. The van der Waals surface area contributed by atoms with Crippen molar-refractivity contribution in [2.45, 2.75) is 4.90 Å². The van der Waals surface area contributed by atoms with Gasteiger partial charge in [0.1, 0.15) is 5.75 Å². The predicted octanol–water partition coefficient (Wildman–Crippen LogP) is 3.35. The topological polar surface area (TPSA) is 37.3 Å². The van der Waals surface area contributed by atoms with Crippen LogP contribution < -0.4 is 0 Å². The van der Waals surface area contributed by atoms with Crippen LogP contribution in [0.15, 0.2) is 53.4 Å². The lowest BCUT2D eigenvalue weighted by atomic mass is 10.1. The van der Waals surface area contributed by atoms with Crippen molar-refractivity contribution in [1.82, 2.24) is 0 Å². The number of thioether (sulfide) groups is 1. The molecule has 19 heavy (non-hydrogen) atoms.